The highest BCUT2D eigenvalue weighted by atomic mass is 16.2. The molecule has 8 aromatic rings. The molecule has 4 aromatic carbocycles. The zero-order chi connectivity index (χ0) is 76.8. The van der Waals surface area contributed by atoms with Crippen LogP contribution in [0.3, 0.4) is 0 Å². The number of aromatic nitrogens is 8. The molecule has 456 valence electrons. The van der Waals surface area contributed by atoms with E-state index < -0.39 is 156 Å². The Morgan fingerprint density at radius 2 is 0.580 bits per heavy atom. The van der Waals surface area contributed by atoms with E-state index in [-0.39, 0.29) is 111 Å². The Kier molecular flexibility index (Phi) is 11.6. The number of imide groups is 4. The van der Waals surface area contributed by atoms with Gasteiger partial charge in [-0.1, -0.05) is 24.3 Å². The zero-order valence-electron chi connectivity index (χ0n) is 61.9. The largest absolute Gasteiger partial charge is 0.398 e. The maximum absolute atomic E-state index is 13.3. The van der Waals surface area contributed by atoms with E-state index in [0.29, 0.717) is 4.57 Å². The van der Waals surface area contributed by atoms with Gasteiger partial charge in [-0.2, -0.15) is 0 Å². The van der Waals surface area contributed by atoms with Crippen LogP contribution in [-0.2, 0) is 60.5 Å². The highest BCUT2D eigenvalue weighted by Crippen LogP contribution is 2.32. The van der Waals surface area contributed by atoms with E-state index in [1.807, 2.05) is 5.32 Å². The standard InChI is InChI=1S/4C15H16N4O3/c4*1-8-17-10-5-3-4-9(16)12(10)13(21)19(8)15(2)7-6-11(20)18-14(15)22/h4*3-5H,6-7,16H2,1-2H3,(H,18,20,22)/t2*15-;;/m10../s1/i2*1D3;1D3,2D3;1D3. The lowest BCUT2D eigenvalue weighted by Crippen LogP contribution is -2.56. The van der Waals surface area contributed by atoms with Gasteiger partial charge in [0.15, 0.2) is 0 Å². The smallest absolute Gasteiger partial charge is 0.264 e. The monoisotopic (exact) mass is 1220 g/mol. The van der Waals surface area contributed by atoms with Crippen molar-refractivity contribution in [1.29, 1.82) is 0 Å². The number of hydrogen-bond acceptors (Lipinski definition) is 20. The molecule has 4 fully saturated rings. The number of amides is 8. The van der Waals surface area contributed by atoms with Crippen molar-refractivity contribution in [2.45, 2.75) is 129 Å². The van der Waals surface area contributed by atoms with Gasteiger partial charge in [0.1, 0.15) is 45.5 Å². The van der Waals surface area contributed by atoms with E-state index in [9.17, 15) is 57.5 Å². The lowest BCUT2D eigenvalue weighted by molar-refractivity contribution is -0.141. The highest BCUT2D eigenvalue weighted by Gasteiger charge is 2.46. The molecule has 4 aliphatic rings. The maximum atomic E-state index is 13.3. The molecule has 12 N–H and O–H groups in total. The number of carbonyl (C=O) groups is 8. The Balaban J connectivity index is 0.000000160. The van der Waals surface area contributed by atoms with Gasteiger partial charge in [0.2, 0.25) is 23.6 Å². The van der Waals surface area contributed by atoms with Crippen LogP contribution < -0.4 is 66.4 Å². The van der Waals surface area contributed by atoms with Gasteiger partial charge in [0.25, 0.3) is 45.9 Å². The molecule has 28 nitrogen and oxygen atoms in total. The van der Waals surface area contributed by atoms with Gasteiger partial charge < -0.3 is 22.9 Å². The summed E-state index contributed by atoms with van der Waals surface area (Å²) in [6.07, 6.45) is -1.07. The first-order valence-electron chi connectivity index (χ1n) is 34.1. The molecule has 8 heterocycles. The topological polar surface area (TPSA) is 428 Å². The summed E-state index contributed by atoms with van der Waals surface area (Å²) in [7, 11) is 0. The van der Waals surface area contributed by atoms with Crippen LogP contribution in [-0.4, -0.2) is 85.5 Å². The molecular formula is C60H64N16O12. The quantitative estimate of drug-likeness (QED) is 0.0919. The number of fused-ring (bicyclic) bond motifs is 4. The summed E-state index contributed by atoms with van der Waals surface area (Å²) >= 11 is 0. The van der Waals surface area contributed by atoms with Crippen molar-refractivity contribution in [3.05, 3.63) is 138 Å². The van der Waals surface area contributed by atoms with Crippen LogP contribution in [0.15, 0.2) is 92.0 Å². The van der Waals surface area contributed by atoms with E-state index >= 15 is 0 Å². The highest BCUT2D eigenvalue weighted by molar-refractivity contribution is 6.04. The van der Waals surface area contributed by atoms with Crippen molar-refractivity contribution < 1.29 is 58.9 Å². The molecule has 0 saturated carbocycles. The number of nitrogen functional groups attached to an aromatic ring is 4. The normalized spacial score (nSPS) is 25.1. The van der Waals surface area contributed by atoms with Crippen molar-refractivity contribution >= 4 is 114 Å². The van der Waals surface area contributed by atoms with Crippen LogP contribution in [0, 0.1) is 27.4 Å². The molecule has 12 rings (SSSR count). The fraction of sp³-hybridized carbons (Fsp3) is 0.333. The molecule has 4 aromatic heterocycles. The summed E-state index contributed by atoms with van der Waals surface area (Å²) in [5.74, 6) is -8.05. The Bertz CT molecular complexity index is 4870. The number of rotatable bonds is 4. The third kappa shape index (κ3) is 10.6. The number of nitrogens with zero attached hydrogens (tertiary/aromatic N) is 8. The first-order chi connectivity index (χ1) is 47.5. The summed E-state index contributed by atoms with van der Waals surface area (Å²) < 4.78 is 120. The van der Waals surface area contributed by atoms with Gasteiger partial charge in [-0.05, 0) is 129 Å². The summed E-state index contributed by atoms with van der Waals surface area (Å²) in [6, 6.07) is 17.8. The molecule has 88 heavy (non-hydrogen) atoms. The molecule has 2 unspecified atom stereocenters. The van der Waals surface area contributed by atoms with Gasteiger partial charge in [-0.25, -0.2) is 19.9 Å². The number of nitrogens with one attached hydrogen (secondary N) is 4. The number of carbonyl (C=O) groups excluding carboxylic acids is 8. The molecule has 4 atom stereocenters. The average molecular weight is 1220 g/mol. The second-order valence-electron chi connectivity index (χ2n) is 21.5. The predicted octanol–water partition coefficient (Wildman–Crippen LogP) is 1.76. The molecular weight excluding hydrogens is 1140 g/mol. The summed E-state index contributed by atoms with van der Waals surface area (Å²) in [5, 5.41) is 8.30. The van der Waals surface area contributed by atoms with Gasteiger partial charge >= 0.3 is 0 Å². The van der Waals surface area contributed by atoms with Crippen molar-refractivity contribution in [2.75, 3.05) is 22.9 Å². The minimum Gasteiger partial charge on any atom is -0.398 e. The molecule has 0 radical (unpaired) electrons. The predicted molar refractivity (Wildman–Crippen MR) is 325 cm³/mol. The van der Waals surface area contributed by atoms with Gasteiger partial charge in [0.05, 0.1) is 43.6 Å². The van der Waals surface area contributed by atoms with Crippen LogP contribution in [0.25, 0.3) is 43.6 Å². The molecule has 4 aliphatic heterocycles. The number of aryl methyl sites for hydroxylation is 4. The van der Waals surface area contributed by atoms with Gasteiger partial charge in [-0.15, -0.1) is 0 Å². The van der Waals surface area contributed by atoms with E-state index in [1.54, 1.807) is 18.2 Å². The minimum atomic E-state index is -3.15. The molecule has 0 bridgehead atoms. The maximum Gasteiger partial charge on any atom is 0.264 e. The number of nitrogens with two attached hydrogens (primary N) is 4. The van der Waals surface area contributed by atoms with Crippen molar-refractivity contribution in [3.8, 4) is 0 Å². The molecule has 28 heteroatoms. The lowest BCUT2D eigenvalue weighted by Gasteiger charge is -2.34. The first-order valence-corrected chi connectivity index (χ1v) is 26.6. The Hall–Kier alpha value is -10.8. The summed E-state index contributed by atoms with van der Waals surface area (Å²) in [5.41, 5.74) is 13.6. The van der Waals surface area contributed by atoms with E-state index in [2.05, 4.69) is 35.9 Å². The average Bonchev–Trinajstić information content (AvgIpc) is 0.719. The van der Waals surface area contributed by atoms with E-state index in [1.165, 1.54) is 75.4 Å². The van der Waals surface area contributed by atoms with Crippen LogP contribution in [0.4, 0.5) is 22.7 Å². The molecule has 8 amide bonds. The summed E-state index contributed by atoms with van der Waals surface area (Å²) in [4.78, 5) is 165. The van der Waals surface area contributed by atoms with Crippen molar-refractivity contribution in [1.82, 2.24) is 59.5 Å². The van der Waals surface area contributed by atoms with Crippen LogP contribution in [0.5, 0.6) is 0 Å². The number of piperidine rings is 4. The lowest BCUT2D eigenvalue weighted by atomic mass is 9.90. The number of hydrogen-bond donors (Lipinski definition) is 8. The van der Waals surface area contributed by atoms with Crippen LogP contribution >= 0.6 is 0 Å². The second kappa shape index (κ2) is 22.9. The Morgan fingerprint density at radius 1 is 0.364 bits per heavy atom. The molecule has 4 saturated heterocycles. The number of anilines is 4. The second-order valence-corrected chi connectivity index (χ2v) is 21.5. The van der Waals surface area contributed by atoms with Gasteiger partial charge in [0, 0.05) is 69.0 Å². The van der Waals surface area contributed by atoms with E-state index in [4.69, 9.17) is 43.5 Å². The van der Waals surface area contributed by atoms with Crippen LogP contribution in [0.2, 0.25) is 0 Å². The first kappa shape index (κ1) is 44.6. The summed E-state index contributed by atoms with van der Waals surface area (Å²) in [6.45, 7) is -10.1. The molecule has 0 spiro atoms. The third-order valence-corrected chi connectivity index (χ3v) is 15.7. The van der Waals surface area contributed by atoms with Crippen molar-refractivity contribution in [2.24, 2.45) is 0 Å². The Morgan fingerprint density at radius 3 is 0.784 bits per heavy atom. The Labute approximate surface area is 520 Å². The fourth-order valence-electron chi connectivity index (χ4n) is 10.7. The van der Waals surface area contributed by atoms with Crippen LogP contribution in [0.1, 0.15) is 123 Å². The minimum absolute atomic E-state index is 0.0133. The SMILES string of the molecule is [2H]C([2H])([2H])c1nc2cccc(N)c2c(=O)n1C1(C([2H])([2H])[2H])CCC(=O)NC1=O.[2H]C([2H])([2H])c1nc2cccc(N)c2c(=O)n1C1(C)CCC(=O)NC1=O.[2H]C([2H])([2H])c1nc2cccc(N)c2c(=O)n1[C@@]1(C)CCC(=O)NC1=O.[2H]C([2H])([2H])c1nc2cccc(N)c2c(=O)n1[C@]1(C)CCC(=O)NC1=O. The molecule has 0 aliphatic carbocycles. The fourth-order valence-corrected chi connectivity index (χ4v) is 10.7. The van der Waals surface area contributed by atoms with Crippen molar-refractivity contribution in [3.63, 3.8) is 0 Å². The van der Waals surface area contributed by atoms with E-state index in [0.717, 1.165) is 13.7 Å². The number of benzene rings is 4. The van der Waals surface area contributed by atoms with Gasteiger partial charge in [-0.3, -0.25) is 97.1 Å². The zero-order valence-corrected chi connectivity index (χ0v) is 46.9. The third-order valence-electron chi connectivity index (χ3n) is 15.7.